The largest absolute Gasteiger partial charge is 0.378 e. The van der Waals surface area contributed by atoms with Crippen LogP contribution in [-0.4, -0.2) is 96.2 Å². The van der Waals surface area contributed by atoms with Crippen LogP contribution in [0.5, 0.6) is 0 Å². The van der Waals surface area contributed by atoms with Gasteiger partial charge in [-0.15, -0.1) is 0 Å². The van der Waals surface area contributed by atoms with Gasteiger partial charge in [-0.3, -0.25) is 14.6 Å². The maximum atomic E-state index is 12.6. The van der Waals surface area contributed by atoms with Gasteiger partial charge in [0.25, 0.3) is 0 Å². The van der Waals surface area contributed by atoms with Crippen LogP contribution in [0.3, 0.4) is 0 Å². The van der Waals surface area contributed by atoms with Crippen LogP contribution in [0.2, 0.25) is 0 Å². The first-order valence-corrected chi connectivity index (χ1v) is 9.82. The van der Waals surface area contributed by atoms with Gasteiger partial charge in [0.05, 0.1) is 19.3 Å². The summed E-state index contributed by atoms with van der Waals surface area (Å²) in [6.45, 7) is 17.0. The van der Waals surface area contributed by atoms with Crippen molar-refractivity contribution in [2.75, 3.05) is 64.8 Å². The third-order valence-corrected chi connectivity index (χ3v) is 5.83. The molecule has 134 valence electrons. The second-order valence-electron chi connectivity index (χ2n) is 7.45. The third-order valence-electron chi connectivity index (χ3n) is 4.58. The van der Waals surface area contributed by atoms with Crippen molar-refractivity contribution in [2.45, 2.75) is 38.5 Å². The maximum absolute atomic E-state index is 12.6. The molecule has 0 radical (unpaired) electrons. The quantitative estimate of drug-likeness (QED) is 0.754. The van der Waals surface area contributed by atoms with E-state index in [-0.39, 0.29) is 11.9 Å². The molecule has 2 saturated heterocycles. The van der Waals surface area contributed by atoms with Crippen molar-refractivity contribution in [3.8, 4) is 0 Å². The molecule has 1 unspecified atom stereocenters. The standard InChI is InChI=1S/C17H33N3O2S/c1-15(16(21)20-9-12-22-13-10-20)19-7-5-18(6-8-19)11-14-23-17(2,3)4/h15H,5-14H2,1-4H3. The van der Waals surface area contributed by atoms with Gasteiger partial charge in [-0.2, -0.15) is 11.8 Å². The zero-order chi connectivity index (χ0) is 16.9. The number of morpholine rings is 1. The van der Waals surface area contributed by atoms with E-state index >= 15 is 0 Å². The summed E-state index contributed by atoms with van der Waals surface area (Å²) in [5, 5.41) is 0. The fourth-order valence-corrected chi connectivity index (χ4v) is 4.02. The normalized spacial score (nSPS) is 23.0. The molecule has 0 saturated carbocycles. The van der Waals surface area contributed by atoms with Crippen molar-refractivity contribution in [2.24, 2.45) is 0 Å². The molecule has 6 heteroatoms. The molecule has 0 spiro atoms. The van der Waals surface area contributed by atoms with Crippen molar-refractivity contribution in [1.82, 2.24) is 14.7 Å². The summed E-state index contributed by atoms with van der Waals surface area (Å²) in [5.41, 5.74) is 0. The van der Waals surface area contributed by atoms with E-state index in [1.165, 1.54) is 5.75 Å². The number of amides is 1. The van der Waals surface area contributed by atoms with Crippen molar-refractivity contribution < 1.29 is 9.53 Å². The molecule has 0 aromatic carbocycles. The second kappa shape index (κ2) is 8.70. The van der Waals surface area contributed by atoms with E-state index in [0.717, 1.165) is 45.8 Å². The predicted molar refractivity (Wildman–Crippen MR) is 97.1 cm³/mol. The lowest BCUT2D eigenvalue weighted by atomic mass is 10.2. The first-order valence-electron chi connectivity index (χ1n) is 8.84. The summed E-state index contributed by atoms with van der Waals surface area (Å²) in [4.78, 5) is 19.4. The Balaban J connectivity index is 1.69. The van der Waals surface area contributed by atoms with Gasteiger partial charge >= 0.3 is 0 Å². The monoisotopic (exact) mass is 343 g/mol. The highest BCUT2D eigenvalue weighted by molar-refractivity contribution is 8.00. The Labute approximate surface area is 145 Å². The van der Waals surface area contributed by atoms with Crippen LogP contribution in [0.1, 0.15) is 27.7 Å². The summed E-state index contributed by atoms with van der Waals surface area (Å²) in [6.07, 6.45) is 0. The van der Waals surface area contributed by atoms with Crippen molar-refractivity contribution in [3.63, 3.8) is 0 Å². The van der Waals surface area contributed by atoms with Crippen LogP contribution in [-0.2, 0) is 9.53 Å². The van der Waals surface area contributed by atoms with E-state index < -0.39 is 0 Å². The first kappa shape index (κ1) is 19.0. The van der Waals surface area contributed by atoms with Gasteiger partial charge < -0.3 is 9.64 Å². The van der Waals surface area contributed by atoms with Gasteiger partial charge in [-0.25, -0.2) is 0 Å². The van der Waals surface area contributed by atoms with E-state index in [9.17, 15) is 4.79 Å². The minimum Gasteiger partial charge on any atom is -0.378 e. The Bertz CT molecular complexity index is 373. The molecular formula is C17H33N3O2S. The molecule has 2 heterocycles. The van der Waals surface area contributed by atoms with Gasteiger partial charge in [-0.05, 0) is 6.92 Å². The Morgan fingerprint density at radius 1 is 1.09 bits per heavy atom. The van der Waals surface area contributed by atoms with Crippen LogP contribution >= 0.6 is 11.8 Å². The summed E-state index contributed by atoms with van der Waals surface area (Å²) >= 11 is 2.03. The highest BCUT2D eigenvalue weighted by Gasteiger charge is 2.29. The molecule has 0 aromatic rings. The molecule has 2 aliphatic heterocycles. The number of thioether (sulfide) groups is 1. The maximum Gasteiger partial charge on any atom is 0.239 e. The summed E-state index contributed by atoms with van der Waals surface area (Å²) in [6, 6.07) is -0.000741. The number of carbonyl (C=O) groups excluding carboxylic acids is 1. The third kappa shape index (κ3) is 6.25. The van der Waals surface area contributed by atoms with Gasteiger partial charge in [0.1, 0.15) is 0 Å². The van der Waals surface area contributed by atoms with Crippen LogP contribution in [0, 0.1) is 0 Å². The number of rotatable bonds is 5. The van der Waals surface area contributed by atoms with E-state index in [2.05, 4.69) is 37.5 Å². The number of nitrogens with zero attached hydrogens (tertiary/aromatic N) is 3. The lowest BCUT2D eigenvalue weighted by Gasteiger charge is -2.39. The van der Waals surface area contributed by atoms with Crippen molar-refractivity contribution >= 4 is 17.7 Å². The molecule has 2 rings (SSSR count). The Morgan fingerprint density at radius 2 is 1.70 bits per heavy atom. The minimum atomic E-state index is -0.000741. The molecule has 0 N–H and O–H groups in total. The molecule has 0 aromatic heterocycles. The van der Waals surface area contributed by atoms with E-state index in [0.29, 0.717) is 18.0 Å². The SMILES string of the molecule is CC(C(=O)N1CCOCC1)N1CCN(CCSC(C)(C)C)CC1. The van der Waals surface area contributed by atoms with E-state index in [1.807, 2.05) is 16.7 Å². The van der Waals surface area contributed by atoms with Crippen LogP contribution in [0.15, 0.2) is 0 Å². The highest BCUT2D eigenvalue weighted by atomic mass is 32.2. The molecule has 1 amide bonds. The zero-order valence-electron chi connectivity index (χ0n) is 15.2. The number of piperazine rings is 1. The zero-order valence-corrected chi connectivity index (χ0v) is 16.0. The van der Waals surface area contributed by atoms with Crippen LogP contribution < -0.4 is 0 Å². The van der Waals surface area contributed by atoms with Gasteiger partial charge in [0.2, 0.25) is 5.91 Å². The van der Waals surface area contributed by atoms with Crippen LogP contribution in [0.25, 0.3) is 0 Å². The number of hydrogen-bond acceptors (Lipinski definition) is 5. The molecular weight excluding hydrogens is 310 g/mol. The summed E-state index contributed by atoms with van der Waals surface area (Å²) in [7, 11) is 0. The summed E-state index contributed by atoms with van der Waals surface area (Å²) < 4.78 is 5.68. The predicted octanol–water partition coefficient (Wildman–Crippen LogP) is 1.38. The smallest absolute Gasteiger partial charge is 0.239 e. The molecule has 1 atom stereocenters. The number of ether oxygens (including phenoxy) is 1. The number of carbonyl (C=O) groups is 1. The molecule has 0 aliphatic carbocycles. The molecule has 5 nitrogen and oxygen atoms in total. The van der Waals surface area contributed by atoms with E-state index in [4.69, 9.17) is 4.74 Å². The lowest BCUT2D eigenvalue weighted by molar-refractivity contribution is -0.141. The molecule has 2 aliphatic rings. The van der Waals surface area contributed by atoms with Crippen LogP contribution in [0.4, 0.5) is 0 Å². The molecule has 23 heavy (non-hydrogen) atoms. The van der Waals surface area contributed by atoms with Crippen molar-refractivity contribution in [3.05, 3.63) is 0 Å². The average Bonchev–Trinajstić information content (AvgIpc) is 2.54. The Morgan fingerprint density at radius 3 is 2.26 bits per heavy atom. The Kier molecular flexibility index (Phi) is 7.19. The molecule has 0 bridgehead atoms. The van der Waals surface area contributed by atoms with E-state index in [1.54, 1.807) is 0 Å². The van der Waals surface area contributed by atoms with Crippen molar-refractivity contribution in [1.29, 1.82) is 0 Å². The number of hydrogen-bond donors (Lipinski definition) is 0. The summed E-state index contributed by atoms with van der Waals surface area (Å²) in [5.74, 6) is 1.45. The minimum absolute atomic E-state index is 0.000741. The highest BCUT2D eigenvalue weighted by Crippen LogP contribution is 2.23. The Hall–Kier alpha value is -0.300. The average molecular weight is 344 g/mol. The topological polar surface area (TPSA) is 36.0 Å². The van der Waals surface area contributed by atoms with Gasteiger partial charge in [0.15, 0.2) is 0 Å². The van der Waals surface area contributed by atoms with Gasteiger partial charge in [-0.1, -0.05) is 20.8 Å². The fourth-order valence-electron chi connectivity index (χ4n) is 3.06. The fraction of sp³-hybridized carbons (Fsp3) is 0.941. The molecule has 2 fully saturated rings. The first-order chi connectivity index (χ1) is 10.9. The lowest BCUT2D eigenvalue weighted by Crippen LogP contribution is -2.56. The van der Waals surface area contributed by atoms with Gasteiger partial charge in [0, 0.05) is 56.3 Å². The second-order valence-corrected chi connectivity index (χ2v) is 9.37.